The van der Waals surface area contributed by atoms with Gasteiger partial charge < -0.3 is 9.88 Å². The van der Waals surface area contributed by atoms with Crippen LogP contribution in [0.15, 0.2) is 66.1 Å². The van der Waals surface area contributed by atoms with E-state index in [9.17, 15) is 4.79 Å². The van der Waals surface area contributed by atoms with Crippen molar-refractivity contribution >= 4 is 23.5 Å². The van der Waals surface area contributed by atoms with Crippen LogP contribution in [0.25, 0.3) is 16.9 Å². The number of rotatable bonds is 6. The largest absolute Gasteiger partial charge is 0.329 e. The molecule has 158 valence electrons. The van der Waals surface area contributed by atoms with Crippen molar-refractivity contribution in [3.05, 3.63) is 77.6 Å². The number of nitrogens with zero attached hydrogens (tertiary/aromatic N) is 4. The van der Waals surface area contributed by atoms with E-state index in [1.54, 1.807) is 10.9 Å². The summed E-state index contributed by atoms with van der Waals surface area (Å²) in [5, 5.41) is 8.67. The van der Waals surface area contributed by atoms with E-state index in [0.29, 0.717) is 5.82 Å². The number of nitrogens with one attached hydrogen (secondary N) is 1. The number of aryl methyl sites for hydroxylation is 4. The molecule has 2 heterocycles. The van der Waals surface area contributed by atoms with Gasteiger partial charge in [-0.3, -0.25) is 4.79 Å². The third kappa shape index (κ3) is 4.56. The van der Waals surface area contributed by atoms with E-state index in [4.69, 9.17) is 5.10 Å². The molecule has 0 saturated heterocycles. The number of para-hydroxylation sites is 1. The average molecular weight is 432 g/mol. The standard InChI is InChI=1S/C24H25N5OS/c1-16-12-18(3)20(13-17(16)2)21-14-22(29(27-21)19-8-6-5-7-9-19)26-23(30)15-31-24-25-10-11-28(24)4/h5-14H,15H2,1-4H3,(H,26,30). The van der Waals surface area contributed by atoms with E-state index in [1.807, 2.05) is 54.2 Å². The van der Waals surface area contributed by atoms with Gasteiger partial charge in [0.2, 0.25) is 5.91 Å². The van der Waals surface area contributed by atoms with Crippen LogP contribution in [0.5, 0.6) is 0 Å². The Balaban J connectivity index is 1.65. The first-order valence-electron chi connectivity index (χ1n) is 10.1. The SMILES string of the molecule is Cc1cc(C)c(-c2cc(NC(=O)CSc3nccn3C)n(-c3ccccc3)n2)cc1C. The van der Waals surface area contributed by atoms with Crippen molar-refractivity contribution in [2.45, 2.75) is 25.9 Å². The molecule has 7 heteroatoms. The van der Waals surface area contributed by atoms with Crippen molar-refractivity contribution in [3.8, 4) is 16.9 Å². The van der Waals surface area contributed by atoms with Crippen molar-refractivity contribution in [1.29, 1.82) is 0 Å². The summed E-state index contributed by atoms with van der Waals surface area (Å²) in [7, 11) is 1.91. The summed E-state index contributed by atoms with van der Waals surface area (Å²) in [6.07, 6.45) is 3.59. The van der Waals surface area contributed by atoms with Gasteiger partial charge in [-0.15, -0.1) is 0 Å². The normalized spacial score (nSPS) is 11.0. The molecule has 0 aliphatic carbocycles. The third-order valence-corrected chi connectivity index (χ3v) is 6.26. The summed E-state index contributed by atoms with van der Waals surface area (Å²) in [6, 6.07) is 16.1. The molecule has 0 spiro atoms. The van der Waals surface area contributed by atoms with E-state index in [-0.39, 0.29) is 11.7 Å². The van der Waals surface area contributed by atoms with Gasteiger partial charge in [-0.1, -0.05) is 36.0 Å². The smallest absolute Gasteiger partial charge is 0.236 e. The Morgan fingerprint density at radius 3 is 2.48 bits per heavy atom. The zero-order valence-corrected chi connectivity index (χ0v) is 18.9. The minimum absolute atomic E-state index is 0.103. The maximum absolute atomic E-state index is 12.7. The van der Waals surface area contributed by atoms with Crippen LogP contribution in [-0.2, 0) is 11.8 Å². The van der Waals surface area contributed by atoms with Crippen LogP contribution in [0.4, 0.5) is 5.82 Å². The Morgan fingerprint density at radius 2 is 1.77 bits per heavy atom. The second-order valence-electron chi connectivity index (χ2n) is 7.57. The fraction of sp³-hybridized carbons (Fsp3) is 0.208. The van der Waals surface area contributed by atoms with Crippen molar-refractivity contribution in [3.63, 3.8) is 0 Å². The minimum Gasteiger partial charge on any atom is -0.329 e. The van der Waals surface area contributed by atoms with Gasteiger partial charge in [0.1, 0.15) is 5.82 Å². The molecule has 31 heavy (non-hydrogen) atoms. The summed E-state index contributed by atoms with van der Waals surface area (Å²) in [6.45, 7) is 6.30. The van der Waals surface area contributed by atoms with Crippen LogP contribution in [0.2, 0.25) is 0 Å². The number of benzene rings is 2. The predicted molar refractivity (Wildman–Crippen MR) is 126 cm³/mol. The van der Waals surface area contributed by atoms with E-state index in [0.717, 1.165) is 27.7 Å². The summed E-state index contributed by atoms with van der Waals surface area (Å²) in [5.74, 6) is 0.806. The number of thioether (sulfide) groups is 1. The zero-order valence-electron chi connectivity index (χ0n) is 18.1. The van der Waals surface area contributed by atoms with Gasteiger partial charge in [-0.05, 0) is 55.7 Å². The predicted octanol–water partition coefficient (Wildman–Crippen LogP) is 4.93. The van der Waals surface area contributed by atoms with Gasteiger partial charge >= 0.3 is 0 Å². The lowest BCUT2D eigenvalue weighted by Crippen LogP contribution is -2.17. The molecule has 4 aromatic rings. The quantitative estimate of drug-likeness (QED) is 0.440. The number of aromatic nitrogens is 4. The number of imidazole rings is 1. The maximum Gasteiger partial charge on any atom is 0.236 e. The second-order valence-corrected chi connectivity index (χ2v) is 8.51. The van der Waals surface area contributed by atoms with Gasteiger partial charge in [0.15, 0.2) is 5.16 Å². The highest BCUT2D eigenvalue weighted by Gasteiger charge is 2.16. The fourth-order valence-corrected chi connectivity index (χ4v) is 4.14. The highest BCUT2D eigenvalue weighted by atomic mass is 32.2. The van der Waals surface area contributed by atoms with Crippen molar-refractivity contribution in [2.75, 3.05) is 11.1 Å². The Kier molecular flexibility index (Phi) is 5.95. The molecule has 1 amide bonds. The number of carbonyl (C=O) groups excluding carboxylic acids is 1. The maximum atomic E-state index is 12.7. The first kappa shape index (κ1) is 20.9. The molecule has 0 aliphatic heterocycles. The van der Waals surface area contributed by atoms with Crippen LogP contribution in [0.3, 0.4) is 0 Å². The van der Waals surface area contributed by atoms with Crippen LogP contribution in [0.1, 0.15) is 16.7 Å². The highest BCUT2D eigenvalue weighted by Crippen LogP contribution is 2.29. The number of carbonyl (C=O) groups is 1. The van der Waals surface area contributed by atoms with Gasteiger partial charge in [0, 0.05) is 31.1 Å². The average Bonchev–Trinajstić information content (AvgIpc) is 3.36. The monoisotopic (exact) mass is 431 g/mol. The first-order chi connectivity index (χ1) is 14.9. The van der Waals surface area contributed by atoms with Gasteiger partial charge in [0.05, 0.1) is 17.1 Å². The molecule has 0 atom stereocenters. The number of amides is 1. The van der Waals surface area contributed by atoms with E-state index >= 15 is 0 Å². The van der Waals surface area contributed by atoms with Crippen molar-refractivity contribution < 1.29 is 4.79 Å². The fourth-order valence-electron chi connectivity index (χ4n) is 3.40. The van der Waals surface area contributed by atoms with Crippen LogP contribution < -0.4 is 5.32 Å². The molecular weight excluding hydrogens is 406 g/mol. The van der Waals surface area contributed by atoms with Gasteiger partial charge in [-0.25, -0.2) is 9.67 Å². The van der Waals surface area contributed by atoms with Crippen LogP contribution in [-0.4, -0.2) is 31.0 Å². The lowest BCUT2D eigenvalue weighted by atomic mass is 9.99. The third-order valence-electron chi connectivity index (χ3n) is 5.20. The van der Waals surface area contributed by atoms with Crippen LogP contribution >= 0.6 is 11.8 Å². The van der Waals surface area contributed by atoms with Crippen LogP contribution in [0, 0.1) is 20.8 Å². The molecule has 0 aliphatic rings. The Hall–Kier alpha value is -3.32. The second kappa shape index (κ2) is 8.81. The molecule has 1 N–H and O–H groups in total. The lowest BCUT2D eigenvalue weighted by molar-refractivity contribution is -0.113. The molecule has 0 radical (unpaired) electrons. The summed E-state index contributed by atoms with van der Waals surface area (Å²) >= 11 is 1.40. The lowest BCUT2D eigenvalue weighted by Gasteiger charge is -2.09. The molecule has 2 aromatic carbocycles. The number of hydrogen-bond acceptors (Lipinski definition) is 4. The van der Waals surface area contributed by atoms with E-state index in [2.05, 4.69) is 43.2 Å². The summed E-state index contributed by atoms with van der Waals surface area (Å²) < 4.78 is 3.68. The Bertz CT molecular complexity index is 1230. The van der Waals surface area contributed by atoms with Gasteiger partial charge in [0.25, 0.3) is 0 Å². The summed E-state index contributed by atoms with van der Waals surface area (Å²) in [5.41, 5.74) is 6.41. The molecule has 0 fully saturated rings. The van der Waals surface area contributed by atoms with Crippen molar-refractivity contribution in [2.24, 2.45) is 7.05 Å². The van der Waals surface area contributed by atoms with Gasteiger partial charge in [-0.2, -0.15) is 5.10 Å². The molecular formula is C24H25N5OS. The number of hydrogen-bond donors (Lipinski definition) is 1. The van der Waals surface area contributed by atoms with E-state index in [1.165, 1.54) is 22.9 Å². The molecule has 0 unspecified atom stereocenters. The molecule has 6 nitrogen and oxygen atoms in total. The molecule has 0 saturated carbocycles. The Labute approximate surface area is 186 Å². The molecule has 2 aromatic heterocycles. The topological polar surface area (TPSA) is 64.7 Å². The van der Waals surface area contributed by atoms with E-state index < -0.39 is 0 Å². The Morgan fingerprint density at radius 1 is 1.03 bits per heavy atom. The minimum atomic E-state index is -0.103. The summed E-state index contributed by atoms with van der Waals surface area (Å²) in [4.78, 5) is 17.0. The zero-order chi connectivity index (χ0) is 22.0. The molecule has 4 rings (SSSR count). The highest BCUT2D eigenvalue weighted by molar-refractivity contribution is 7.99. The van der Waals surface area contributed by atoms with Crippen molar-refractivity contribution in [1.82, 2.24) is 19.3 Å². The first-order valence-corrected chi connectivity index (χ1v) is 11.0. The number of anilines is 1. The molecule has 0 bridgehead atoms.